The van der Waals surface area contributed by atoms with Crippen LogP contribution < -0.4 is 0 Å². The van der Waals surface area contributed by atoms with Crippen LogP contribution in [0, 0.1) is 5.82 Å². The predicted molar refractivity (Wildman–Crippen MR) is 107 cm³/mol. The number of halogens is 1. The van der Waals surface area contributed by atoms with Crippen molar-refractivity contribution in [1.29, 1.82) is 0 Å². The summed E-state index contributed by atoms with van der Waals surface area (Å²) in [5.74, 6) is -0.459. The van der Waals surface area contributed by atoms with Gasteiger partial charge in [-0.15, -0.1) is 0 Å². The minimum Gasteiger partial charge on any atom is -0.507 e. The van der Waals surface area contributed by atoms with Crippen LogP contribution in [0.15, 0.2) is 36.7 Å². The number of pyridine rings is 1. The highest BCUT2D eigenvalue weighted by Crippen LogP contribution is 2.36. The highest BCUT2D eigenvalue weighted by Gasteiger charge is 2.17. The van der Waals surface area contributed by atoms with Crippen molar-refractivity contribution in [2.75, 3.05) is 6.61 Å². The Morgan fingerprint density at radius 3 is 2.67 bits per heavy atom. The Hall–Kier alpha value is -2.22. The number of aromatic nitrogens is 2. The average molecular weight is 389 g/mol. The Kier molecular flexibility index (Phi) is 5.64. The van der Waals surface area contributed by atoms with Gasteiger partial charge in [-0.3, -0.25) is 0 Å². The second-order valence-electron chi connectivity index (χ2n) is 7.85. The lowest BCUT2D eigenvalue weighted by Gasteiger charge is -2.15. The van der Waals surface area contributed by atoms with Gasteiger partial charge in [-0.05, 0) is 35.9 Å². The molecule has 0 aliphatic rings. The van der Waals surface area contributed by atoms with Gasteiger partial charge in [-0.25, -0.2) is 9.37 Å². The molecule has 0 amide bonds. The summed E-state index contributed by atoms with van der Waals surface area (Å²) < 4.78 is 21.4. The SMILES string of the molecule is C[Si](C)(C)CCOCn1cc(CO)c2c(-c3cc(F)ccc3O)ccnc21. The first-order chi connectivity index (χ1) is 12.8. The van der Waals surface area contributed by atoms with Gasteiger partial charge >= 0.3 is 0 Å². The number of nitrogens with zero attached hydrogens (tertiary/aromatic N) is 2. The normalized spacial score (nSPS) is 12.0. The Labute approximate surface area is 159 Å². The van der Waals surface area contributed by atoms with E-state index in [1.165, 1.54) is 18.2 Å². The molecule has 0 spiro atoms. The number of hydrogen-bond acceptors (Lipinski definition) is 4. The van der Waals surface area contributed by atoms with Gasteiger partial charge in [-0.2, -0.15) is 0 Å². The van der Waals surface area contributed by atoms with E-state index in [0.29, 0.717) is 41.1 Å². The third kappa shape index (κ3) is 4.37. The second-order valence-corrected chi connectivity index (χ2v) is 13.5. The molecular formula is C20H25FN2O3Si. The van der Waals surface area contributed by atoms with E-state index in [1.807, 2.05) is 4.57 Å². The van der Waals surface area contributed by atoms with E-state index >= 15 is 0 Å². The van der Waals surface area contributed by atoms with Crippen LogP contribution >= 0.6 is 0 Å². The van der Waals surface area contributed by atoms with Gasteiger partial charge in [0.05, 0.1) is 6.61 Å². The Bertz CT molecular complexity index is 950. The molecule has 3 rings (SSSR count). The molecule has 2 N–H and O–H groups in total. The summed E-state index contributed by atoms with van der Waals surface area (Å²) >= 11 is 0. The fourth-order valence-electron chi connectivity index (χ4n) is 3.01. The predicted octanol–water partition coefficient (Wildman–Crippen LogP) is 4.35. The van der Waals surface area contributed by atoms with E-state index in [1.54, 1.807) is 18.5 Å². The molecule has 0 aliphatic carbocycles. The number of fused-ring (bicyclic) bond motifs is 1. The molecule has 0 atom stereocenters. The van der Waals surface area contributed by atoms with Crippen molar-refractivity contribution in [2.24, 2.45) is 0 Å². The number of ether oxygens (including phenoxy) is 1. The number of rotatable bonds is 7. The number of aliphatic hydroxyl groups is 1. The van der Waals surface area contributed by atoms with Crippen LogP contribution in [-0.4, -0.2) is 34.4 Å². The van der Waals surface area contributed by atoms with Gasteiger partial charge < -0.3 is 19.5 Å². The van der Waals surface area contributed by atoms with Crippen LogP contribution in [0.2, 0.25) is 25.7 Å². The number of phenols is 1. The molecule has 3 aromatic rings. The molecule has 0 fully saturated rings. The van der Waals surface area contributed by atoms with E-state index in [4.69, 9.17) is 4.74 Å². The van der Waals surface area contributed by atoms with E-state index in [-0.39, 0.29) is 12.4 Å². The van der Waals surface area contributed by atoms with Crippen LogP contribution in [0.1, 0.15) is 5.56 Å². The van der Waals surface area contributed by atoms with Gasteiger partial charge in [0, 0.05) is 43.6 Å². The van der Waals surface area contributed by atoms with E-state index in [0.717, 1.165) is 6.04 Å². The smallest absolute Gasteiger partial charge is 0.142 e. The van der Waals surface area contributed by atoms with Crippen LogP contribution in [0.5, 0.6) is 5.75 Å². The summed E-state index contributed by atoms with van der Waals surface area (Å²) in [7, 11) is -1.17. The lowest BCUT2D eigenvalue weighted by Crippen LogP contribution is -2.22. The van der Waals surface area contributed by atoms with Gasteiger partial charge in [0.2, 0.25) is 0 Å². The Morgan fingerprint density at radius 2 is 1.96 bits per heavy atom. The molecular weight excluding hydrogens is 363 g/mol. The first kappa shape index (κ1) is 19.5. The molecule has 2 heterocycles. The van der Waals surface area contributed by atoms with Crippen LogP contribution in [0.4, 0.5) is 4.39 Å². The fourth-order valence-corrected chi connectivity index (χ4v) is 3.76. The minimum absolute atomic E-state index is 0.0214. The number of phenolic OH excluding ortho intramolecular Hbond substituents is 1. The molecule has 2 aromatic heterocycles. The quantitative estimate of drug-likeness (QED) is 0.466. The van der Waals surface area contributed by atoms with Crippen molar-refractivity contribution < 1.29 is 19.3 Å². The summed E-state index contributed by atoms with van der Waals surface area (Å²) in [5.41, 5.74) is 2.29. The van der Waals surface area contributed by atoms with Crippen LogP contribution in [0.25, 0.3) is 22.2 Å². The number of aliphatic hydroxyl groups excluding tert-OH is 1. The average Bonchev–Trinajstić information content (AvgIpc) is 2.98. The van der Waals surface area contributed by atoms with Crippen molar-refractivity contribution in [3.8, 4) is 16.9 Å². The highest BCUT2D eigenvalue weighted by molar-refractivity contribution is 6.76. The molecule has 0 saturated carbocycles. The largest absolute Gasteiger partial charge is 0.507 e. The summed E-state index contributed by atoms with van der Waals surface area (Å²) in [5, 5.41) is 20.7. The summed E-state index contributed by atoms with van der Waals surface area (Å²) in [6, 6.07) is 6.60. The third-order valence-electron chi connectivity index (χ3n) is 4.48. The van der Waals surface area contributed by atoms with E-state index in [9.17, 15) is 14.6 Å². The van der Waals surface area contributed by atoms with Crippen molar-refractivity contribution in [2.45, 2.75) is 39.0 Å². The molecule has 0 aliphatic heterocycles. The van der Waals surface area contributed by atoms with Crippen molar-refractivity contribution in [3.63, 3.8) is 0 Å². The van der Waals surface area contributed by atoms with Crippen LogP contribution in [-0.2, 0) is 18.1 Å². The maximum absolute atomic E-state index is 13.7. The third-order valence-corrected chi connectivity index (χ3v) is 6.19. The van der Waals surface area contributed by atoms with Gasteiger partial charge in [0.25, 0.3) is 0 Å². The van der Waals surface area contributed by atoms with Crippen molar-refractivity contribution in [3.05, 3.63) is 48.0 Å². The molecule has 1 aromatic carbocycles. The number of hydrogen-bond donors (Lipinski definition) is 2. The van der Waals surface area contributed by atoms with Gasteiger partial charge in [-0.1, -0.05) is 19.6 Å². The van der Waals surface area contributed by atoms with Crippen LogP contribution in [0.3, 0.4) is 0 Å². The summed E-state index contributed by atoms with van der Waals surface area (Å²) in [6.07, 6.45) is 3.41. The molecule has 7 heteroatoms. The van der Waals surface area contributed by atoms with Crippen molar-refractivity contribution in [1.82, 2.24) is 9.55 Å². The second kappa shape index (κ2) is 7.80. The molecule has 0 radical (unpaired) electrons. The first-order valence-electron chi connectivity index (χ1n) is 8.94. The Morgan fingerprint density at radius 1 is 1.19 bits per heavy atom. The molecule has 27 heavy (non-hydrogen) atoms. The molecule has 5 nitrogen and oxygen atoms in total. The van der Waals surface area contributed by atoms with E-state index < -0.39 is 13.9 Å². The zero-order chi connectivity index (χ0) is 19.6. The molecule has 144 valence electrons. The molecule has 0 unspecified atom stereocenters. The molecule has 0 saturated heterocycles. The van der Waals surface area contributed by atoms with E-state index in [2.05, 4.69) is 24.6 Å². The molecule has 0 bridgehead atoms. The topological polar surface area (TPSA) is 67.5 Å². The van der Waals surface area contributed by atoms with Crippen molar-refractivity contribution >= 4 is 19.1 Å². The number of aromatic hydroxyl groups is 1. The highest BCUT2D eigenvalue weighted by atomic mass is 28.3. The maximum atomic E-state index is 13.7. The van der Waals surface area contributed by atoms with Gasteiger partial charge in [0.1, 0.15) is 23.9 Å². The minimum atomic E-state index is -1.17. The monoisotopic (exact) mass is 388 g/mol. The lowest BCUT2D eigenvalue weighted by atomic mass is 10.0. The Balaban J connectivity index is 1.98. The zero-order valence-electron chi connectivity index (χ0n) is 15.9. The standard InChI is InChI=1S/C20H25FN2O3Si/c1-27(2,3)9-8-26-13-23-11-14(12-24)19-16(6-7-22-20(19)23)17-10-15(21)4-5-18(17)25/h4-7,10-11,24-25H,8-9,12-13H2,1-3H3. The zero-order valence-corrected chi connectivity index (χ0v) is 16.9. The lowest BCUT2D eigenvalue weighted by molar-refractivity contribution is 0.0896. The van der Waals surface area contributed by atoms with Gasteiger partial charge in [0.15, 0.2) is 0 Å². The summed E-state index contributed by atoms with van der Waals surface area (Å²) in [6.45, 7) is 7.70. The summed E-state index contributed by atoms with van der Waals surface area (Å²) in [4.78, 5) is 4.42. The fraction of sp³-hybridized carbons (Fsp3) is 0.350. The maximum Gasteiger partial charge on any atom is 0.142 e. The first-order valence-corrected chi connectivity index (χ1v) is 12.6. The number of benzene rings is 1.